The van der Waals surface area contributed by atoms with Gasteiger partial charge in [-0.15, -0.1) is 0 Å². The summed E-state index contributed by atoms with van der Waals surface area (Å²) in [6.45, 7) is -0.651. The summed E-state index contributed by atoms with van der Waals surface area (Å²) in [4.78, 5) is 36.1. The Kier molecular flexibility index (Phi) is 6.30. The second-order valence-corrected chi connectivity index (χ2v) is 6.01. The van der Waals surface area contributed by atoms with Crippen molar-refractivity contribution in [3.63, 3.8) is 0 Å². The summed E-state index contributed by atoms with van der Waals surface area (Å²) in [5, 5.41) is 13.3. The van der Waals surface area contributed by atoms with E-state index in [0.717, 1.165) is 18.2 Å². The average Bonchev–Trinajstić information content (AvgIpc) is 2.61. The molecule has 142 valence electrons. The first-order valence-corrected chi connectivity index (χ1v) is 7.94. The number of amides is 1. The van der Waals surface area contributed by atoms with Crippen LogP contribution in [0.5, 0.6) is 0 Å². The predicted molar refractivity (Wildman–Crippen MR) is 97.7 cm³/mol. The van der Waals surface area contributed by atoms with E-state index >= 15 is 0 Å². The van der Waals surface area contributed by atoms with Crippen molar-refractivity contribution in [2.45, 2.75) is 0 Å². The standard InChI is InChI=1S/C17H15ClFN3O5/c1-21(2)15-6-4-11(22(25)26)8-12(15)17(24)27-9-16(23)20-14-5-3-10(19)7-13(14)18/h3-8H,9H2,1-2H3,(H,20,23). The van der Waals surface area contributed by atoms with Crippen LogP contribution in [0.2, 0.25) is 5.02 Å². The number of hydrogen-bond donors (Lipinski definition) is 1. The summed E-state index contributed by atoms with van der Waals surface area (Å²) in [6.07, 6.45) is 0. The number of carbonyl (C=O) groups is 2. The van der Waals surface area contributed by atoms with E-state index in [0.29, 0.717) is 5.69 Å². The van der Waals surface area contributed by atoms with Gasteiger partial charge in [0, 0.05) is 26.2 Å². The number of halogens is 2. The van der Waals surface area contributed by atoms with Crippen LogP contribution < -0.4 is 10.2 Å². The van der Waals surface area contributed by atoms with Gasteiger partial charge in [0.15, 0.2) is 6.61 Å². The highest BCUT2D eigenvalue weighted by Crippen LogP contribution is 2.25. The third-order valence-electron chi connectivity index (χ3n) is 3.43. The maximum atomic E-state index is 13.0. The molecule has 0 radical (unpaired) electrons. The SMILES string of the molecule is CN(C)c1ccc([N+](=O)[O-])cc1C(=O)OCC(=O)Nc1ccc(F)cc1Cl. The van der Waals surface area contributed by atoms with E-state index in [1.165, 1.54) is 18.2 Å². The fourth-order valence-corrected chi connectivity index (χ4v) is 2.39. The topological polar surface area (TPSA) is 102 Å². The molecular weight excluding hydrogens is 381 g/mol. The van der Waals surface area contributed by atoms with Gasteiger partial charge < -0.3 is 15.0 Å². The van der Waals surface area contributed by atoms with Crippen LogP contribution in [0.1, 0.15) is 10.4 Å². The van der Waals surface area contributed by atoms with E-state index in [1.807, 2.05) is 0 Å². The third kappa shape index (κ3) is 5.14. The Balaban J connectivity index is 2.09. The molecule has 1 N–H and O–H groups in total. The first kappa shape index (κ1) is 20.1. The van der Waals surface area contributed by atoms with Gasteiger partial charge in [0.2, 0.25) is 0 Å². The van der Waals surface area contributed by atoms with Gasteiger partial charge in [-0.2, -0.15) is 0 Å². The Hall–Kier alpha value is -3.20. The minimum Gasteiger partial charge on any atom is -0.452 e. The highest BCUT2D eigenvalue weighted by Gasteiger charge is 2.20. The summed E-state index contributed by atoms with van der Waals surface area (Å²) >= 11 is 5.80. The Labute approximate surface area is 158 Å². The highest BCUT2D eigenvalue weighted by atomic mass is 35.5. The van der Waals surface area contributed by atoms with Gasteiger partial charge >= 0.3 is 5.97 Å². The van der Waals surface area contributed by atoms with Crippen LogP contribution in [0, 0.1) is 15.9 Å². The largest absolute Gasteiger partial charge is 0.452 e. The Morgan fingerprint density at radius 2 is 1.96 bits per heavy atom. The summed E-state index contributed by atoms with van der Waals surface area (Å²) < 4.78 is 17.9. The van der Waals surface area contributed by atoms with Gasteiger partial charge in [0.25, 0.3) is 11.6 Å². The van der Waals surface area contributed by atoms with Crippen molar-refractivity contribution in [2.24, 2.45) is 0 Å². The molecule has 0 aliphatic carbocycles. The molecule has 0 bridgehead atoms. The first-order valence-electron chi connectivity index (χ1n) is 7.57. The van der Waals surface area contributed by atoms with Crippen LogP contribution in [0.4, 0.5) is 21.5 Å². The summed E-state index contributed by atoms with van der Waals surface area (Å²) in [5.41, 5.74) is 0.216. The number of anilines is 2. The van der Waals surface area contributed by atoms with Gasteiger partial charge in [-0.1, -0.05) is 11.6 Å². The quantitative estimate of drug-likeness (QED) is 0.457. The molecule has 0 saturated heterocycles. The lowest BCUT2D eigenvalue weighted by Crippen LogP contribution is -2.22. The molecule has 8 nitrogen and oxygen atoms in total. The molecule has 0 aliphatic rings. The smallest absolute Gasteiger partial charge is 0.341 e. The average molecular weight is 396 g/mol. The van der Waals surface area contributed by atoms with Gasteiger partial charge in [-0.25, -0.2) is 9.18 Å². The zero-order valence-electron chi connectivity index (χ0n) is 14.4. The van der Waals surface area contributed by atoms with Crippen molar-refractivity contribution < 1.29 is 23.6 Å². The molecule has 0 saturated carbocycles. The number of rotatable bonds is 6. The lowest BCUT2D eigenvalue weighted by molar-refractivity contribution is -0.384. The molecule has 0 heterocycles. The first-order chi connectivity index (χ1) is 12.7. The Morgan fingerprint density at radius 3 is 2.56 bits per heavy atom. The summed E-state index contributed by atoms with van der Waals surface area (Å²) in [5.74, 6) is -2.16. The number of carbonyl (C=O) groups excluding carboxylic acids is 2. The van der Waals surface area contributed by atoms with E-state index in [4.69, 9.17) is 16.3 Å². The molecule has 2 aromatic carbocycles. The third-order valence-corrected chi connectivity index (χ3v) is 3.74. The predicted octanol–water partition coefficient (Wildman–Crippen LogP) is 3.25. The molecule has 0 atom stereocenters. The number of nitro groups is 1. The van der Waals surface area contributed by atoms with Crippen LogP contribution in [0.25, 0.3) is 0 Å². The molecule has 1 amide bonds. The monoisotopic (exact) mass is 395 g/mol. The van der Waals surface area contributed by atoms with Gasteiger partial charge in [0.05, 0.1) is 26.9 Å². The van der Waals surface area contributed by atoms with Crippen molar-refractivity contribution >= 4 is 40.5 Å². The number of benzene rings is 2. The number of ether oxygens (including phenoxy) is 1. The van der Waals surface area contributed by atoms with Crippen molar-refractivity contribution in [1.82, 2.24) is 0 Å². The molecule has 0 aromatic heterocycles. The lowest BCUT2D eigenvalue weighted by atomic mass is 10.1. The van der Waals surface area contributed by atoms with Crippen LogP contribution in [0.3, 0.4) is 0 Å². The molecule has 0 unspecified atom stereocenters. The van der Waals surface area contributed by atoms with Crippen molar-refractivity contribution in [3.05, 3.63) is 62.9 Å². The van der Waals surface area contributed by atoms with Crippen molar-refractivity contribution in [2.75, 3.05) is 30.9 Å². The lowest BCUT2D eigenvalue weighted by Gasteiger charge is -2.16. The van der Waals surface area contributed by atoms with Crippen LogP contribution in [-0.2, 0) is 9.53 Å². The van der Waals surface area contributed by atoms with Gasteiger partial charge in [-0.05, 0) is 24.3 Å². The van der Waals surface area contributed by atoms with Crippen LogP contribution in [-0.4, -0.2) is 37.5 Å². The molecule has 0 spiro atoms. The Morgan fingerprint density at radius 1 is 1.26 bits per heavy atom. The number of non-ortho nitro benzene ring substituents is 1. The molecule has 10 heteroatoms. The molecule has 2 rings (SSSR count). The van der Waals surface area contributed by atoms with E-state index in [9.17, 15) is 24.1 Å². The molecule has 27 heavy (non-hydrogen) atoms. The fraction of sp³-hybridized carbons (Fsp3) is 0.176. The van der Waals surface area contributed by atoms with Crippen LogP contribution in [0.15, 0.2) is 36.4 Å². The van der Waals surface area contributed by atoms with Gasteiger partial charge in [0.1, 0.15) is 5.82 Å². The number of nitro benzene ring substituents is 1. The number of hydrogen-bond acceptors (Lipinski definition) is 6. The summed E-state index contributed by atoms with van der Waals surface area (Å²) in [6, 6.07) is 7.15. The number of nitrogens with zero attached hydrogens (tertiary/aromatic N) is 2. The highest BCUT2D eigenvalue weighted by molar-refractivity contribution is 6.33. The number of nitrogens with one attached hydrogen (secondary N) is 1. The van der Waals surface area contributed by atoms with Crippen molar-refractivity contribution in [1.29, 1.82) is 0 Å². The minimum atomic E-state index is -0.900. The second-order valence-electron chi connectivity index (χ2n) is 5.60. The Bertz CT molecular complexity index is 904. The number of esters is 1. The normalized spacial score (nSPS) is 10.2. The second kappa shape index (κ2) is 8.45. The molecule has 2 aromatic rings. The zero-order chi connectivity index (χ0) is 20.1. The van der Waals surface area contributed by atoms with E-state index in [2.05, 4.69) is 5.32 Å². The maximum Gasteiger partial charge on any atom is 0.341 e. The van der Waals surface area contributed by atoms with Crippen LogP contribution >= 0.6 is 11.6 Å². The van der Waals surface area contributed by atoms with Gasteiger partial charge in [-0.3, -0.25) is 14.9 Å². The van der Waals surface area contributed by atoms with E-state index in [1.54, 1.807) is 19.0 Å². The molecule has 0 fully saturated rings. The van der Waals surface area contributed by atoms with E-state index in [-0.39, 0.29) is 22.0 Å². The molecule has 0 aliphatic heterocycles. The summed E-state index contributed by atoms with van der Waals surface area (Å²) in [7, 11) is 3.31. The minimum absolute atomic E-state index is 0.0109. The van der Waals surface area contributed by atoms with E-state index < -0.39 is 29.2 Å². The fourth-order valence-electron chi connectivity index (χ4n) is 2.18. The zero-order valence-corrected chi connectivity index (χ0v) is 15.1. The van der Waals surface area contributed by atoms with Crippen molar-refractivity contribution in [3.8, 4) is 0 Å². The molecular formula is C17H15ClFN3O5. The maximum absolute atomic E-state index is 13.0.